The Labute approximate surface area is 80.8 Å². The SMILES string of the molecule is Nc1ncccc1C1=CC=NN(N)N1. The summed E-state index contributed by atoms with van der Waals surface area (Å²) >= 11 is 0. The van der Waals surface area contributed by atoms with Crippen LogP contribution in [0.3, 0.4) is 0 Å². The van der Waals surface area contributed by atoms with Gasteiger partial charge in [-0.3, -0.25) is 5.43 Å². The molecule has 5 N–H and O–H groups in total. The number of anilines is 1. The zero-order valence-corrected chi connectivity index (χ0v) is 7.38. The molecular formula is C8H10N6. The molecule has 0 bridgehead atoms. The molecule has 6 heteroatoms. The number of nitrogens with one attached hydrogen (secondary N) is 1. The van der Waals surface area contributed by atoms with Crippen molar-refractivity contribution in [2.45, 2.75) is 0 Å². The number of hydrogen-bond acceptors (Lipinski definition) is 6. The molecule has 0 atom stereocenters. The molecule has 2 rings (SSSR count). The molecule has 0 saturated heterocycles. The van der Waals surface area contributed by atoms with Crippen molar-refractivity contribution in [3.8, 4) is 0 Å². The van der Waals surface area contributed by atoms with Gasteiger partial charge in [0.05, 0.1) is 11.9 Å². The Balaban J connectivity index is 2.36. The van der Waals surface area contributed by atoms with Gasteiger partial charge in [-0.05, 0) is 18.2 Å². The molecule has 0 aliphatic carbocycles. The van der Waals surface area contributed by atoms with Crippen LogP contribution >= 0.6 is 0 Å². The van der Waals surface area contributed by atoms with Gasteiger partial charge >= 0.3 is 0 Å². The molecule has 14 heavy (non-hydrogen) atoms. The number of aromatic nitrogens is 1. The third kappa shape index (κ3) is 1.50. The summed E-state index contributed by atoms with van der Waals surface area (Å²) in [5.74, 6) is 5.89. The highest BCUT2D eigenvalue weighted by Gasteiger charge is 2.09. The Morgan fingerprint density at radius 1 is 1.43 bits per heavy atom. The molecule has 1 aliphatic heterocycles. The Morgan fingerprint density at radius 3 is 3.00 bits per heavy atom. The van der Waals surface area contributed by atoms with Crippen molar-refractivity contribution in [3.63, 3.8) is 0 Å². The molecule has 0 unspecified atom stereocenters. The van der Waals surface area contributed by atoms with Gasteiger partial charge in [0, 0.05) is 11.8 Å². The van der Waals surface area contributed by atoms with Crippen molar-refractivity contribution < 1.29 is 0 Å². The number of hydrazine groups is 2. The van der Waals surface area contributed by atoms with E-state index >= 15 is 0 Å². The molecule has 72 valence electrons. The first-order valence-electron chi connectivity index (χ1n) is 4.04. The van der Waals surface area contributed by atoms with Crippen molar-refractivity contribution in [3.05, 3.63) is 30.0 Å². The van der Waals surface area contributed by atoms with Crippen molar-refractivity contribution in [1.82, 2.24) is 15.6 Å². The Morgan fingerprint density at radius 2 is 2.29 bits per heavy atom. The topological polar surface area (TPSA) is 92.6 Å². The van der Waals surface area contributed by atoms with E-state index in [2.05, 4.69) is 15.5 Å². The van der Waals surface area contributed by atoms with E-state index < -0.39 is 0 Å². The smallest absolute Gasteiger partial charge is 0.132 e. The van der Waals surface area contributed by atoms with Crippen LogP contribution in [0.1, 0.15) is 5.56 Å². The summed E-state index contributed by atoms with van der Waals surface area (Å²) in [6.45, 7) is 0. The van der Waals surface area contributed by atoms with Gasteiger partial charge in [-0.2, -0.15) is 0 Å². The molecule has 0 amide bonds. The lowest BCUT2D eigenvalue weighted by Gasteiger charge is -2.20. The summed E-state index contributed by atoms with van der Waals surface area (Å²) in [6, 6.07) is 3.66. The normalized spacial score (nSPS) is 14.9. The molecular weight excluding hydrogens is 180 g/mol. The number of allylic oxidation sites excluding steroid dienone is 1. The van der Waals surface area contributed by atoms with Gasteiger partial charge in [0.25, 0.3) is 0 Å². The van der Waals surface area contributed by atoms with Gasteiger partial charge in [-0.15, -0.1) is 10.3 Å². The lowest BCUT2D eigenvalue weighted by Crippen LogP contribution is -2.40. The highest BCUT2D eigenvalue weighted by molar-refractivity contribution is 5.86. The quantitative estimate of drug-likeness (QED) is 0.528. The lowest BCUT2D eigenvalue weighted by molar-refractivity contribution is 0.247. The maximum atomic E-state index is 5.70. The van der Waals surface area contributed by atoms with Crippen molar-refractivity contribution in [2.24, 2.45) is 10.9 Å². The summed E-state index contributed by atoms with van der Waals surface area (Å²) in [7, 11) is 0. The lowest BCUT2D eigenvalue weighted by atomic mass is 10.2. The number of hydrogen-bond donors (Lipinski definition) is 3. The largest absolute Gasteiger partial charge is 0.383 e. The average molecular weight is 190 g/mol. The second kappa shape index (κ2) is 3.35. The number of nitrogen functional groups attached to an aromatic ring is 1. The molecule has 1 aromatic rings. The minimum atomic E-state index is 0.454. The van der Waals surface area contributed by atoms with E-state index in [1.165, 1.54) is 0 Å². The molecule has 6 nitrogen and oxygen atoms in total. The van der Waals surface area contributed by atoms with Crippen LogP contribution in [0.15, 0.2) is 29.5 Å². The second-order valence-electron chi connectivity index (χ2n) is 2.74. The standard InChI is InChI=1S/C8H10N6/c9-8-6(2-1-4-11-8)7-3-5-12-14(10)13-7/h1-5,13H,10H2,(H2,9,11). The maximum absolute atomic E-state index is 5.70. The first-order valence-corrected chi connectivity index (χ1v) is 4.04. The fraction of sp³-hybridized carbons (Fsp3) is 0. The summed E-state index contributed by atoms with van der Waals surface area (Å²) in [6.07, 6.45) is 4.99. The van der Waals surface area contributed by atoms with Crippen LogP contribution in [0.4, 0.5) is 5.82 Å². The number of pyridine rings is 1. The monoisotopic (exact) mass is 190 g/mol. The average Bonchev–Trinajstić information content (AvgIpc) is 2.18. The van der Waals surface area contributed by atoms with E-state index in [1.807, 2.05) is 6.07 Å². The predicted molar refractivity (Wildman–Crippen MR) is 54.3 cm³/mol. The summed E-state index contributed by atoms with van der Waals surface area (Å²) in [5, 5.41) is 4.89. The molecule has 1 aromatic heterocycles. The van der Waals surface area contributed by atoms with E-state index in [0.29, 0.717) is 5.82 Å². The van der Waals surface area contributed by atoms with Gasteiger partial charge < -0.3 is 5.73 Å². The fourth-order valence-corrected chi connectivity index (χ4v) is 1.16. The first kappa shape index (κ1) is 8.52. The van der Waals surface area contributed by atoms with E-state index in [1.54, 1.807) is 24.6 Å². The van der Waals surface area contributed by atoms with Gasteiger partial charge in [-0.25, -0.2) is 10.8 Å². The van der Waals surface area contributed by atoms with Crippen LogP contribution in [0, 0.1) is 0 Å². The van der Waals surface area contributed by atoms with Gasteiger partial charge in [0.1, 0.15) is 5.82 Å². The zero-order valence-electron chi connectivity index (χ0n) is 7.38. The number of nitrogens with zero attached hydrogens (tertiary/aromatic N) is 3. The van der Waals surface area contributed by atoms with Crippen LogP contribution in [0.5, 0.6) is 0 Å². The maximum Gasteiger partial charge on any atom is 0.132 e. The number of nitrogens with two attached hydrogens (primary N) is 2. The second-order valence-corrected chi connectivity index (χ2v) is 2.74. The molecule has 0 spiro atoms. The molecule has 0 fully saturated rings. The van der Waals surface area contributed by atoms with E-state index in [9.17, 15) is 0 Å². The van der Waals surface area contributed by atoms with Crippen molar-refractivity contribution in [2.75, 3.05) is 5.73 Å². The highest BCUT2D eigenvalue weighted by Crippen LogP contribution is 2.17. The van der Waals surface area contributed by atoms with Gasteiger partial charge in [-0.1, -0.05) is 0 Å². The highest BCUT2D eigenvalue weighted by atomic mass is 15.8. The third-order valence-electron chi connectivity index (χ3n) is 1.80. The Bertz CT molecular complexity index is 397. The summed E-state index contributed by atoms with van der Waals surface area (Å²) in [5.41, 5.74) is 10.1. The Hall–Kier alpha value is -2.08. The first-order chi connectivity index (χ1) is 6.77. The molecule has 1 aliphatic rings. The predicted octanol–water partition coefficient (Wildman–Crippen LogP) is -0.316. The van der Waals surface area contributed by atoms with Crippen LogP contribution < -0.4 is 17.0 Å². The molecule has 2 heterocycles. The van der Waals surface area contributed by atoms with Crippen LogP contribution in [0.25, 0.3) is 5.70 Å². The number of hydrazone groups is 1. The minimum Gasteiger partial charge on any atom is -0.383 e. The van der Waals surface area contributed by atoms with Gasteiger partial charge in [0.15, 0.2) is 0 Å². The van der Waals surface area contributed by atoms with E-state index in [0.717, 1.165) is 16.5 Å². The fourth-order valence-electron chi connectivity index (χ4n) is 1.16. The zero-order chi connectivity index (χ0) is 9.97. The van der Waals surface area contributed by atoms with Crippen LogP contribution in [-0.4, -0.2) is 16.4 Å². The summed E-state index contributed by atoms with van der Waals surface area (Å²) in [4.78, 5) is 3.97. The van der Waals surface area contributed by atoms with Gasteiger partial charge in [0.2, 0.25) is 0 Å². The molecule has 0 radical (unpaired) electrons. The third-order valence-corrected chi connectivity index (χ3v) is 1.80. The van der Waals surface area contributed by atoms with E-state index in [-0.39, 0.29) is 0 Å². The molecule has 0 aromatic carbocycles. The van der Waals surface area contributed by atoms with Crippen molar-refractivity contribution in [1.29, 1.82) is 0 Å². The minimum absolute atomic E-state index is 0.454. The van der Waals surface area contributed by atoms with E-state index in [4.69, 9.17) is 11.6 Å². The van der Waals surface area contributed by atoms with Crippen LogP contribution in [-0.2, 0) is 0 Å². The Kier molecular flexibility index (Phi) is 2.04. The number of rotatable bonds is 1. The summed E-state index contributed by atoms with van der Waals surface area (Å²) < 4.78 is 0. The van der Waals surface area contributed by atoms with Crippen molar-refractivity contribution >= 4 is 17.7 Å². The van der Waals surface area contributed by atoms with Crippen LogP contribution in [0.2, 0.25) is 0 Å². The molecule has 0 saturated carbocycles.